The normalized spacial score (nSPS) is 13.0. The molecule has 4 heteroatoms. The van der Waals surface area contributed by atoms with Gasteiger partial charge in [-0.3, -0.25) is 9.59 Å². The van der Waals surface area contributed by atoms with Gasteiger partial charge in [0.2, 0.25) is 5.91 Å². The van der Waals surface area contributed by atoms with Crippen LogP contribution in [0.3, 0.4) is 0 Å². The molecular formula is C22H26N2O2. The Hall–Kier alpha value is -2.62. The number of nitrogens with zero attached hydrogens (tertiary/aromatic N) is 1. The molecule has 4 nitrogen and oxygen atoms in total. The summed E-state index contributed by atoms with van der Waals surface area (Å²) in [4.78, 5) is 26.5. The minimum atomic E-state index is -0.0667. The molecule has 0 radical (unpaired) electrons. The van der Waals surface area contributed by atoms with Gasteiger partial charge in [0.15, 0.2) is 0 Å². The van der Waals surface area contributed by atoms with Crippen molar-refractivity contribution in [3.8, 4) is 0 Å². The molecular weight excluding hydrogens is 324 g/mol. The summed E-state index contributed by atoms with van der Waals surface area (Å²) < 4.78 is 0. The molecule has 0 aromatic heterocycles. The second-order valence-corrected chi connectivity index (χ2v) is 7.41. The molecule has 0 bridgehead atoms. The van der Waals surface area contributed by atoms with Gasteiger partial charge in [0, 0.05) is 30.8 Å². The summed E-state index contributed by atoms with van der Waals surface area (Å²) in [5, 5.41) is 2.97. The van der Waals surface area contributed by atoms with Gasteiger partial charge in [0.25, 0.3) is 5.91 Å². The Labute approximate surface area is 155 Å². The molecule has 2 amide bonds. The van der Waals surface area contributed by atoms with Crippen LogP contribution in [0.25, 0.3) is 0 Å². The van der Waals surface area contributed by atoms with Crippen LogP contribution < -0.4 is 10.2 Å². The van der Waals surface area contributed by atoms with E-state index >= 15 is 0 Å². The van der Waals surface area contributed by atoms with Gasteiger partial charge in [-0.25, -0.2) is 0 Å². The van der Waals surface area contributed by atoms with Crippen molar-refractivity contribution in [3.63, 3.8) is 0 Å². The van der Waals surface area contributed by atoms with Crippen molar-refractivity contribution < 1.29 is 9.59 Å². The van der Waals surface area contributed by atoms with Gasteiger partial charge in [-0.1, -0.05) is 43.7 Å². The summed E-state index contributed by atoms with van der Waals surface area (Å²) in [5.74, 6) is 0.491. The lowest BCUT2D eigenvalue weighted by Crippen LogP contribution is -2.29. The predicted octanol–water partition coefficient (Wildman–Crippen LogP) is 3.86. The SMILES string of the molecule is Cc1cccc(C(=O)NCc2ccc3c(c2)CCN3C(=O)CC(C)C)c1. The molecule has 1 aliphatic heterocycles. The molecule has 136 valence electrons. The molecule has 0 fully saturated rings. The van der Waals surface area contributed by atoms with Gasteiger partial charge in [-0.15, -0.1) is 0 Å². The smallest absolute Gasteiger partial charge is 0.251 e. The molecule has 1 aliphatic rings. The first kappa shape index (κ1) is 18.2. The quantitative estimate of drug-likeness (QED) is 0.890. The Morgan fingerprint density at radius 3 is 2.69 bits per heavy atom. The van der Waals surface area contributed by atoms with E-state index in [0.29, 0.717) is 24.4 Å². The highest BCUT2D eigenvalue weighted by atomic mass is 16.2. The monoisotopic (exact) mass is 350 g/mol. The van der Waals surface area contributed by atoms with E-state index in [1.807, 2.05) is 48.2 Å². The maximum Gasteiger partial charge on any atom is 0.251 e. The third kappa shape index (κ3) is 4.13. The zero-order valence-electron chi connectivity index (χ0n) is 15.7. The molecule has 0 atom stereocenters. The van der Waals surface area contributed by atoms with Crippen molar-refractivity contribution in [2.24, 2.45) is 5.92 Å². The van der Waals surface area contributed by atoms with Crippen LogP contribution in [0.1, 0.15) is 47.3 Å². The van der Waals surface area contributed by atoms with Crippen LogP contribution in [0.15, 0.2) is 42.5 Å². The summed E-state index contributed by atoms with van der Waals surface area (Å²) >= 11 is 0. The number of fused-ring (bicyclic) bond motifs is 1. The third-order valence-electron chi connectivity index (χ3n) is 4.66. The van der Waals surface area contributed by atoms with Crippen LogP contribution in [0.5, 0.6) is 0 Å². The van der Waals surface area contributed by atoms with E-state index in [0.717, 1.165) is 29.8 Å². The third-order valence-corrected chi connectivity index (χ3v) is 4.66. The van der Waals surface area contributed by atoms with E-state index < -0.39 is 0 Å². The van der Waals surface area contributed by atoms with Crippen LogP contribution in [0.2, 0.25) is 0 Å². The first-order valence-corrected chi connectivity index (χ1v) is 9.21. The molecule has 0 saturated carbocycles. The van der Waals surface area contributed by atoms with E-state index in [4.69, 9.17) is 0 Å². The largest absolute Gasteiger partial charge is 0.348 e. The molecule has 2 aromatic rings. The highest BCUT2D eigenvalue weighted by Gasteiger charge is 2.25. The number of aryl methyl sites for hydroxylation is 1. The first-order chi connectivity index (χ1) is 12.4. The Kier molecular flexibility index (Phi) is 5.40. The number of hydrogen-bond acceptors (Lipinski definition) is 2. The molecule has 1 N–H and O–H groups in total. The van der Waals surface area contributed by atoms with E-state index in [9.17, 15) is 9.59 Å². The van der Waals surface area contributed by atoms with Crippen LogP contribution >= 0.6 is 0 Å². The Bertz CT molecular complexity index is 827. The van der Waals surface area contributed by atoms with Crippen molar-refractivity contribution in [2.75, 3.05) is 11.4 Å². The molecule has 26 heavy (non-hydrogen) atoms. The van der Waals surface area contributed by atoms with Gasteiger partial charge in [0.05, 0.1) is 0 Å². The topological polar surface area (TPSA) is 49.4 Å². The number of hydrogen-bond donors (Lipinski definition) is 1. The van der Waals surface area contributed by atoms with E-state index in [1.165, 1.54) is 5.56 Å². The summed E-state index contributed by atoms with van der Waals surface area (Å²) in [5.41, 5.74) is 5.01. The summed E-state index contributed by atoms with van der Waals surface area (Å²) in [6.45, 7) is 7.34. The zero-order chi connectivity index (χ0) is 18.7. The van der Waals surface area contributed by atoms with Crippen LogP contribution in [-0.4, -0.2) is 18.4 Å². The fraction of sp³-hybridized carbons (Fsp3) is 0.364. The maximum atomic E-state index is 12.4. The summed E-state index contributed by atoms with van der Waals surface area (Å²) in [7, 11) is 0. The fourth-order valence-electron chi connectivity index (χ4n) is 3.35. The summed E-state index contributed by atoms with van der Waals surface area (Å²) in [6.07, 6.45) is 1.45. The lowest BCUT2D eigenvalue weighted by atomic mass is 10.1. The number of carbonyl (C=O) groups is 2. The van der Waals surface area contributed by atoms with Gasteiger partial charge >= 0.3 is 0 Å². The second kappa shape index (κ2) is 7.73. The molecule has 3 rings (SSSR count). The van der Waals surface area contributed by atoms with Crippen molar-refractivity contribution >= 4 is 17.5 Å². The van der Waals surface area contributed by atoms with Crippen LogP contribution in [0, 0.1) is 12.8 Å². The van der Waals surface area contributed by atoms with E-state index in [1.54, 1.807) is 0 Å². The molecule has 0 saturated heterocycles. The van der Waals surface area contributed by atoms with Crippen LogP contribution in [-0.2, 0) is 17.8 Å². The van der Waals surface area contributed by atoms with Gasteiger partial charge < -0.3 is 10.2 Å². The lowest BCUT2D eigenvalue weighted by Gasteiger charge is -2.18. The number of carbonyl (C=O) groups excluding carboxylic acids is 2. The Morgan fingerprint density at radius 1 is 1.15 bits per heavy atom. The van der Waals surface area contributed by atoms with E-state index in [-0.39, 0.29) is 11.8 Å². The Balaban J connectivity index is 1.65. The van der Waals surface area contributed by atoms with Crippen molar-refractivity contribution in [2.45, 2.75) is 40.2 Å². The number of amides is 2. The molecule has 0 aliphatic carbocycles. The second-order valence-electron chi connectivity index (χ2n) is 7.41. The minimum absolute atomic E-state index is 0.0667. The highest BCUT2D eigenvalue weighted by molar-refractivity contribution is 5.96. The van der Waals surface area contributed by atoms with Gasteiger partial charge in [-0.2, -0.15) is 0 Å². The number of anilines is 1. The van der Waals surface area contributed by atoms with Gasteiger partial charge in [-0.05, 0) is 48.6 Å². The molecule has 0 spiro atoms. The lowest BCUT2D eigenvalue weighted by molar-refractivity contribution is -0.119. The molecule has 1 heterocycles. The minimum Gasteiger partial charge on any atom is -0.348 e. The predicted molar refractivity (Wildman–Crippen MR) is 104 cm³/mol. The first-order valence-electron chi connectivity index (χ1n) is 9.21. The molecule has 0 unspecified atom stereocenters. The standard InChI is InChI=1S/C22H26N2O2/c1-15(2)11-21(25)24-10-9-18-13-17(7-8-20(18)24)14-23-22(26)19-6-4-5-16(3)12-19/h4-8,12-13,15H,9-11,14H2,1-3H3,(H,23,26). The van der Waals surface area contributed by atoms with Crippen molar-refractivity contribution in [1.29, 1.82) is 0 Å². The van der Waals surface area contributed by atoms with Crippen molar-refractivity contribution in [3.05, 3.63) is 64.7 Å². The number of rotatable bonds is 5. The Morgan fingerprint density at radius 2 is 1.96 bits per heavy atom. The fourth-order valence-corrected chi connectivity index (χ4v) is 3.35. The number of benzene rings is 2. The van der Waals surface area contributed by atoms with Crippen LogP contribution in [0.4, 0.5) is 5.69 Å². The highest BCUT2D eigenvalue weighted by Crippen LogP contribution is 2.30. The average molecular weight is 350 g/mol. The van der Waals surface area contributed by atoms with Gasteiger partial charge in [0.1, 0.15) is 0 Å². The van der Waals surface area contributed by atoms with E-state index in [2.05, 4.69) is 25.2 Å². The average Bonchev–Trinajstić information content (AvgIpc) is 3.02. The molecule has 2 aromatic carbocycles. The summed E-state index contributed by atoms with van der Waals surface area (Å²) in [6, 6.07) is 13.7. The maximum absolute atomic E-state index is 12.4. The zero-order valence-corrected chi connectivity index (χ0v) is 15.7. The van der Waals surface area contributed by atoms with Crippen molar-refractivity contribution in [1.82, 2.24) is 5.32 Å². The number of nitrogens with one attached hydrogen (secondary N) is 1.